The minimum atomic E-state index is -4.12. The maximum atomic E-state index is 11.4. The first-order valence-electron chi connectivity index (χ1n) is 8.97. The molecule has 0 aliphatic heterocycles. The predicted octanol–water partition coefficient (Wildman–Crippen LogP) is 1.57. The monoisotopic (exact) mass is 398 g/mol. The van der Waals surface area contributed by atoms with Gasteiger partial charge in [0.25, 0.3) is 0 Å². The summed E-state index contributed by atoms with van der Waals surface area (Å²) < 4.78 is 55.7. The molecule has 10 heteroatoms. The lowest BCUT2D eigenvalue weighted by Crippen LogP contribution is -2.49. The third-order valence-corrected chi connectivity index (χ3v) is 6.71. The average Bonchev–Trinajstić information content (AvgIpc) is 2.55. The van der Waals surface area contributed by atoms with Gasteiger partial charge in [0, 0.05) is 5.41 Å². The zero-order chi connectivity index (χ0) is 18.6. The number of hydrogen-bond donors (Lipinski definition) is 2. The Kier molecular flexibility index (Phi) is 7.26. The van der Waals surface area contributed by atoms with Crippen molar-refractivity contribution < 1.29 is 25.2 Å². The van der Waals surface area contributed by atoms with Gasteiger partial charge in [-0.3, -0.25) is 8.37 Å². The number of rotatable bonds is 8. The summed E-state index contributed by atoms with van der Waals surface area (Å²) in [6.07, 6.45) is 9.99. The first-order chi connectivity index (χ1) is 11.6. The Morgan fingerprint density at radius 3 is 1.28 bits per heavy atom. The molecule has 0 saturated heterocycles. The van der Waals surface area contributed by atoms with Gasteiger partial charge in [-0.25, -0.2) is 10.3 Å². The smallest absolute Gasteiger partial charge is 0.258 e. The van der Waals surface area contributed by atoms with Crippen LogP contribution in [0, 0.1) is 17.3 Å². The summed E-state index contributed by atoms with van der Waals surface area (Å²) in [5, 5.41) is 10.1. The predicted molar refractivity (Wildman–Crippen MR) is 93.7 cm³/mol. The van der Waals surface area contributed by atoms with E-state index in [1.807, 2.05) is 0 Å². The van der Waals surface area contributed by atoms with Gasteiger partial charge < -0.3 is 0 Å². The summed E-state index contributed by atoms with van der Waals surface area (Å²) in [4.78, 5) is 0. The first-order valence-corrected chi connectivity index (χ1v) is 11.9. The fourth-order valence-electron chi connectivity index (χ4n) is 4.59. The zero-order valence-electron chi connectivity index (χ0n) is 14.6. The second-order valence-electron chi connectivity index (χ2n) is 7.41. The topological polar surface area (TPSA) is 139 Å². The van der Waals surface area contributed by atoms with Crippen molar-refractivity contribution >= 4 is 20.6 Å². The molecule has 2 aliphatic carbocycles. The summed E-state index contributed by atoms with van der Waals surface area (Å²) in [7, 11) is -8.25. The van der Waals surface area contributed by atoms with Crippen molar-refractivity contribution in [2.75, 3.05) is 13.2 Å². The van der Waals surface area contributed by atoms with Crippen LogP contribution in [0.3, 0.4) is 0 Å². The lowest BCUT2D eigenvalue weighted by Gasteiger charge is -2.48. The van der Waals surface area contributed by atoms with E-state index in [-0.39, 0.29) is 25.0 Å². The zero-order valence-corrected chi connectivity index (χ0v) is 16.2. The molecule has 4 N–H and O–H groups in total. The molecule has 0 radical (unpaired) electrons. The summed E-state index contributed by atoms with van der Waals surface area (Å²) in [5.74, 6) is 0.265. The summed E-state index contributed by atoms with van der Waals surface area (Å²) >= 11 is 0. The van der Waals surface area contributed by atoms with Crippen molar-refractivity contribution in [1.29, 1.82) is 0 Å². The molecule has 0 aromatic heterocycles. The molecule has 0 amide bonds. The van der Waals surface area contributed by atoms with Crippen molar-refractivity contribution in [3.05, 3.63) is 0 Å². The van der Waals surface area contributed by atoms with Gasteiger partial charge in [-0.1, -0.05) is 38.5 Å². The van der Waals surface area contributed by atoms with Crippen molar-refractivity contribution in [3.63, 3.8) is 0 Å². The van der Waals surface area contributed by atoms with Gasteiger partial charge in [0.1, 0.15) is 0 Å². The van der Waals surface area contributed by atoms with Gasteiger partial charge in [-0.05, 0) is 37.5 Å². The highest BCUT2D eigenvalue weighted by atomic mass is 32.2. The molecule has 0 unspecified atom stereocenters. The van der Waals surface area contributed by atoms with Gasteiger partial charge in [-0.15, -0.1) is 0 Å². The SMILES string of the molecule is NS(=O)(=O)OCC(COS(N)(=O)=O)(C1CCCCC1)C1CCCCC1. The van der Waals surface area contributed by atoms with Crippen LogP contribution in [0.1, 0.15) is 64.2 Å². The molecule has 0 aromatic rings. The number of hydrogen-bond acceptors (Lipinski definition) is 6. The second-order valence-corrected chi connectivity index (χ2v) is 9.86. The molecule has 2 rings (SSSR count). The summed E-state index contributed by atoms with van der Waals surface area (Å²) in [6, 6.07) is 0. The van der Waals surface area contributed by atoms with Crippen molar-refractivity contribution in [3.8, 4) is 0 Å². The van der Waals surface area contributed by atoms with E-state index in [0.29, 0.717) is 0 Å². The maximum absolute atomic E-state index is 11.4. The molecule has 2 aliphatic rings. The van der Waals surface area contributed by atoms with Crippen LogP contribution in [-0.2, 0) is 29.0 Å². The fraction of sp³-hybridized carbons (Fsp3) is 1.00. The Hall–Kier alpha value is -0.260. The van der Waals surface area contributed by atoms with Crippen LogP contribution in [0.2, 0.25) is 0 Å². The quantitative estimate of drug-likeness (QED) is 0.636. The Morgan fingerprint density at radius 1 is 0.680 bits per heavy atom. The highest BCUT2D eigenvalue weighted by Crippen LogP contribution is 2.49. The van der Waals surface area contributed by atoms with Crippen LogP contribution in [0.15, 0.2) is 0 Å². The van der Waals surface area contributed by atoms with Crippen molar-refractivity contribution in [2.24, 2.45) is 27.5 Å². The van der Waals surface area contributed by atoms with E-state index in [1.165, 1.54) is 0 Å². The Labute approximate surface area is 151 Å². The van der Waals surface area contributed by atoms with Crippen LogP contribution in [-0.4, -0.2) is 30.0 Å². The van der Waals surface area contributed by atoms with E-state index in [0.717, 1.165) is 64.2 Å². The van der Waals surface area contributed by atoms with E-state index in [9.17, 15) is 16.8 Å². The molecule has 2 fully saturated rings. The van der Waals surface area contributed by atoms with Crippen LogP contribution < -0.4 is 10.3 Å². The Morgan fingerprint density at radius 2 is 1.00 bits per heavy atom. The van der Waals surface area contributed by atoms with Crippen LogP contribution in [0.25, 0.3) is 0 Å². The lowest BCUT2D eigenvalue weighted by molar-refractivity contribution is -0.0499. The molecule has 2 saturated carbocycles. The normalized spacial score (nSPS) is 22.2. The Balaban J connectivity index is 2.33. The minimum Gasteiger partial charge on any atom is -0.258 e. The molecule has 0 aromatic carbocycles. The second kappa shape index (κ2) is 8.62. The van der Waals surface area contributed by atoms with Crippen LogP contribution in [0.5, 0.6) is 0 Å². The molecule has 148 valence electrons. The van der Waals surface area contributed by atoms with Crippen molar-refractivity contribution in [2.45, 2.75) is 64.2 Å². The van der Waals surface area contributed by atoms with E-state index >= 15 is 0 Å². The third-order valence-electron chi connectivity index (χ3n) is 5.82. The van der Waals surface area contributed by atoms with E-state index in [2.05, 4.69) is 0 Å². The maximum Gasteiger partial charge on any atom is 0.333 e. The third kappa shape index (κ3) is 6.44. The summed E-state index contributed by atoms with van der Waals surface area (Å²) in [6.45, 7) is -0.312. The summed E-state index contributed by atoms with van der Waals surface area (Å²) in [5.41, 5.74) is -0.709. The molecule has 8 nitrogen and oxygen atoms in total. The highest BCUT2D eigenvalue weighted by molar-refractivity contribution is 7.84. The minimum absolute atomic E-state index is 0.132. The van der Waals surface area contributed by atoms with Crippen molar-refractivity contribution in [1.82, 2.24) is 0 Å². The first kappa shape index (κ1) is 21.0. The standard InChI is InChI=1S/C15H30N2O6S2/c16-24(18,19)22-11-15(12-23-25(17,20)21,13-7-3-1-4-8-13)14-9-5-2-6-10-14/h13-14H,1-12H2,(H2,16,18,19)(H2,17,20,21). The lowest BCUT2D eigenvalue weighted by atomic mass is 9.59. The molecule has 0 bridgehead atoms. The average molecular weight is 399 g/mol. The number of nitrogens with two attached hydrogens (primary N) is 2. The fourth-order valence-corrected chi connectivity index (χ4v) is 5.35. The van der Waals surface area contributed by atoms with Gasteiger partial charge in [0.05, 0.1) is 13.2 Å². The van der Waals surface area contributed by atoms with Crippen LogP contribution >= 0.6 is 0 Å². The van der Waals surface area contributed by atoms with E-state index < -0.39 is 26.0 Å². The van der Waals surface area contributed by atoms with Gasteiger partial charge in [0.15, 0.2) is 0 Å². The molecule has 0 spiro atoms. The highest BCUT2D eigenvalue weighted by Gasteiger charge is 2.47. The molecular formula is C15H30N2O6S2. The molecule has 0 heterocycles. The largest absolute Gasteiger partial charge is 0.333 e. The molecule has 0 atom stereocenters. The van der Waals surface area contributed by atoms with E-state index in [4.69, 9.17) is 18.6 Å². The van der Waals surface area contributed by atoms with Gasteiger partial charge in [-0.2, -0.15) is 16.8 Å². The van der Waals surface area contributed by atoms with Crippen LogP contribution in [0.4, 0.5) is 0 Å². The van der Waals surface area contributed by atoms with E-state index in [1.54, 1.807) is 0 Å². The molecular weight excluding hydrogens is 368 g/mol. The molecule has 25 heavy (non-hydrogen) atoms. The van der Waals surface area contributed by atoms with Gasteiger partial charge in [0.2, 0.25) is 0 Å². The Bertz CT molecular complexity index is 566. The van der Waals surface area contributed by atoms with Gasteiger partial charge >= 0.3 is 20.6 Å².